The molecule has 0 bridgehead atoms. The highest BCUT2D eigenvalue weighted by atomic mass is 32.2. The second-order valence-electron chi connectivity index (χ2n) is 6.12. The highest BCUT2D eigenvalue weighted by molar-refractivity contribution is 7.90. The quantitative estimate of drug-likeness (QED) is 0.874. The van der Waals surface area contributed by atoms with Gasteiger partial charge in [0.15, 0.2) is 9.84 Å². The minimum absolute atomic E-state index is 0.0174. The van der Waals surface area contributed by atoms with E-state index in [1.807, 2.05) is 32.0 Å². The van der Waals surface area contributed by atoms with Gasteiger partial charge in [0.05, 0.1) is 10.9 Å². The van der Waals surface area contributed by atoms with Gasteiger partial charge in [-0.3, -0.25) is 4.79 Å². The third kappa shape index (κ3) is 5.20. The lowest BCUT2D eigenvalue weighted by Gasteiger charge is -2.15. The number of carbonyl (C=O) groups excluding carboxylic acids is 1. The standard InChI is InChI=1S/C19H23NO3S/c1-14-5-4-6-16(13-14)7-12-19(21)20-15(2)17-8-10-18(11-9-17)24(3,22)23/h4-6,8-11,13,15H,7,12H2,1-3H3,(H,20,21)/t15-/m0/s1. The van der Waals surface area contributed by atoms with Crippen molar-refractivity contribution in [3.63, 3.8) is 0 Å². The molecule has 1 N–H and O–H groups in total. The van der Waals surface area contributed by atoms with Crippen LogP contribution in [0.2, 0.25) is 0 Å². The highest BCUT2D eigenvalue weighted by Crippen LogP contribution is 2.16. The number of rotatable bonds is 6. The van der Waals surface area contributed by atoms with Crippen molar-refractivity contribution >= 4 is 15.7 Å². The molecule has 5 heteroatoms. The monoisotopic (exact) mass is 345 g/mol. The number of sulfone groups is 1. The van der Waals surface area contributed by atoms with Crippen molar-refractivity contribution in [3.8, 4) is 0 Å². The van der Waals surface area contributed by atoms with Gasteiger partial charge in [-0.15, -0.1) is 0 Å². The smallest absolute Gasteiger partial charge is 0.220 e. The zero-order valence-electron chi connectivity index (χ0n) is 14.2. The van der Waals surface area contributed by atoms with Crippen LogP contribution >= 0.6 is 0 Å². The van der Waals surface area contributed by atoms with Crippen LogP contribution in [0, 0.1) is 6.92 Å². The van der Waals surface area contributed by atoms with Gasteiger partial charge < -0.3 is 5.32 Å². The van der Waals surface area contributed by atoms with Crippen LogP contribution in [0.3, 0.4) is 0 Å². The first-order valence-corrected chi connectivity index (χ1v) is 9.80. The number of hydrogen-bond acceptors (Lipinski definition) is 3. The molecule has 0 aromatic heterocycles. The first-order valence-electron chi connectivity index (χ1n) is 7.90. The van der Waals surface area contributed by atoms with E-state index in [2.05, 4.69) is 11.4 Å². The van der Waals surface area contributed by atoms with Crippen molar-refractivity contribution in [3.05, 3.63) is 65.2 Å². The number of carbonyl (C=O) groups is 1. The average Bonchev–Trinajstić information content (AvgIpc) is 2.52. The maximum atomic E-state index is 12.1. The van der Waals surface area contributed by atoms with E-state index in [0.29, 0.717) is 12.8 Å². The van der Waals surface area contributed by atoms with Crippen molar-refractivity contribution < 1.29 is 13.2 Å². The van der Waals surface area contributed by atoms with E-state index in [1.54, 1.807) is 24.3 Å². The summed E-state index contributed by atoms with van der Waals surface area (Å²) in [5.41, 5.74) is 3.22. The van der Waals surface area contributed by atoms with Crippen molar-refractivity contribution in [2.24, 2.45) is 0 Å². The van der Waals surface area contributed by atoms with Gasteiger partial charge in [-0.1, -0.05) is 42.0 Å². The molecule has 0 spiro atoms. The molecule has 1 amide bonds. The molecule has 128 valence electrons. The summed E-state index contributed by atoms with van der Waals surface area (Å²) < 4.78 is 22.9. The van der Waals surface area contributed by atoms with Crippen LogP contribution in [0.15, 0.2) is 53.4 Å². The number of amides is 1. The molecular formula is C19H23NO3S. The Balaban J connectivity index is 1.91. The third-order valence-electron chi connectivity index (χ3n) is 3.91. The molecule has 0 aliphatic rings. The van der Waals surface area contributed by atoms with Crippen LogP contribution in [0.1, 0.15) is 36.1 Å². The zero-order chi connectivity index (χ0) is 17.7. The van der Waals surface area contributed by atoms with Gasteiger partial charge >= 0.3 is 0 Å². The van der Waals surface area contributed by atoms with E-state index in [0.717, 1.165) is 11.1 Å². The first-order chi connectivity index (χ1) is 11.3. The number of benzene rings is 2. The Labute approximate surface area is 143 Å². The van der Waals surface area contributed by atoms with Crippen molar-refractivity contribution in [1.82, 2.24) is 5.32 Å². The van der Waals surface area contributed by atoms with Gasteiger partial charge in [0.2, 0.25) is 5.91 Å². The van der Waals surface area contributed by atoms with Gasteiger partial charge in [0.1, 0.15) is 0 Å². The molecule has 24 heavy (non-hydrogen) atoms. The van der Waals surface area contributed by atoms with Gasteiger partial charge in [-0.05, 0) is 43.5 Å². The summed E-state index contributed by atoms with van der Waals surface area (Å²) in [4.78, 5) is 12.4. The van der Waals surface area contributed by atoms with Crippen molar-refractivity contribution in [1.29, 1.82) is 0 Å². The highest BCUT2D eigenvalue weighted by Gasteiger charge is 2.12. The first kappa shape index (κ1) is 18.2. The van der Waals surface area contributed by atoms with Crippen LogP contribution < -0.4 is 5.32 Å². The predicted octanol–water partition coefficient (Wildman–Crippen LogP) is 3.21. The minimum atomic E-state index is -3.20. The molecule has 0 saturated heterocycles. The van der Waals surface area contributed by atoms with Crippen LogP contribution in [-0.2, 0) is 21.1 Å². The van der Waals surface area contributed by atoms with Crippen LogP contribution in [0.25, 0.3) is 0 Å². The molecule has 0 fully saturated rings. The molecule has 0 radical (unpaired) electrons. The molecule has 1 atom stereocenters. The lowest BCUT2D eigenvalue weighted by atomic mass is 10.1. The van der Waals surface area contributed by atoms with E-state index in [4.69, 9.17) is 0 Å². The Bertz CT molecular complexity index is 811. The number of aryl methyl sites for hydroxylation is 2. The Kier molecular flexibility index (Phi) is 5.78. The second kappa shape index (κ2) is 7.62. The van der Waals surface area contributed by atoms with Gasteiger partial charge in [-0.25, -0.2) is 8.42 Å². The summed E-state index contributed by atoms with van der Waals surface area (Å²) in [5.74, 6) is -0.0174. The summed E-state index contributed by atoms with van der Waals surface area (Å²) in [7, 11) is -3.20. The Hall–Kier alpha value is -2.14. The zero-order valence-corrected chi connectivity index (χ0v) is 15.1. The Morgan fingerprint density at radius 3 is 2.38 bits per heavy atom. The van der Waals surface area contributed by atoms with Gasteiger partial charge in [-0.2, -0.15) is 0 Å². The maximum Gasteiger partial charge on any atom is 0.220 e. The van der Waals surface area contributed by atoms with E-state index in [9.17, 15) is 13.2 Å². The molecule has 2 aromatic rings. The topological polar surface area (TPSA) is 63.2 Å². The largest absolute Gasteiger partial charge is 0.350 e. The lowest BCUT2D eigenvalue weighted by molar-refractivity contribution is -0.121. The van der Waals surface area contributed by atoms with Crippen LogP contribution in [-0.4, -0.2) is 20.6 Å². The summed E-state index contributed by atoms with van der Waals surface area (Å²) in [5, 5.41) is 2.95. The maximum absolute atomic E-state index is 12.1. The van der Waals surface area contributed by atoms with Crippen molar-refractivity contribution in [2.75, 3.05) is 6.26 Å². The molecule has 0 saturated carbocycles. The number of hydrogen-bond donors (Lipinski definition) is 1. The molecule has 0 unspecified atom stereocenters. The second-order valence-corrected chi connectivity index (χ2v) is 8.14. The normalized spacial score (nSPS) is 12.6. The fourth-order valence-electron chi connectivity index (χ4n) is 2.53. The van der Waals surface area contributed by atoms with Gasteiger partial charge in [0.25, 0.3) is 0 Å². The van der Waals surface area contributed by atoms with E-state index in [-0.39, 0.29) is 16.8 Å². The minimum Gasteiger partial charge on any atom is -0.350 e. The summed E-state index contributed by atoms with van der Waals surface area (Å²) in [6.45, 7) is 3.92. The van der Waals surface area contributed by atoms with Crippen molar-refractivity contribution in [2.45, 2.75) is 37.6 Å². The molecule has 2 aromatic carbocycles. The van der Waals surface area contributed by atoms with E-state index in [1.165, 1.54) is 11.8 Å². The molecular weight excluding hydrogens is 322 g/mol. The molecule has 0 aliphatic carbocycles. The average molecular weight is 345 g/mol. The molecule has 2 rings (SSSR count). The Morgan fingerprint density at radius 2 is 1.79 bits per heavy atom. The summed E-state index contributed by atoms with van der Waals surface area (Å²) >= 11 is 0. The summed E-state index contributed by atoms with van der Waals surface area (Å²) in [6.07, 6.45) is 2.31. The molecule has 4 nitrogen and oxygen atoms in total. The van der Waals surface area contributed by atoms with Crippen LogP contribution in [0.5, 0.6) is 0 Å². The van der Waals surface area contributed by atoms with Gasteiger partial charge in [0, 0.05) is 12.7 Å². The predicted molar refractivity (Wildman–Crippen MR) is 95.6 cm³/mol. The third-order valence-corrected chi connectivity index (χ3v) is 5.04. The number of nitrogens with one attached hydrogen (secondary N) is 1. The summed E-state index contributed by atoms with van der Waals surface area (Å²) in [6, 6.07) is 14.6. The fourth-order valence-corrected chi connectivity index (χ4v) is 3.16. The van der Waals surface area contributed by atoms with Crippen LogP contribution in [0.4, 0.5) is 0 Å². The molecule has 0 aliphatic heterocycles. The SMILES string of the molecule is Cc1cccc(CCC(=O)N[C@@H](C)c2ccc(S(C)(=O)=O)cc2)c1. The Morgan fingerprint density at radius 1 is 1.12 bits per heavy atom. The van der Waals surface area contributed by atoms with E-state index >= 15 is 0 Å². The van der Waals surface area contributed by atoms with E-state index < -0.39 is 9.84 Å². The fraction of sp³-hybridized carbons (Fsp3) is 0.316. The molecule has 0 heterocycles. The lowest BCUT2D eigenvalue weighted by Crippen LogP contribution is -2.26.